The van der Waals surface area contributed by atoms with Crippen LogP contribution in [0.2, 0.25) is 5.02 Å². The van der Waals surface area contributed by atoms with Gasteiger partial charge in [-0.2, -0.15) is 5.10 Å². The van der Waals surface area contributed by atoms with Crippen LogP contribution in [-0.4, -0.2) is 21.8 Å². The first-order chi connectivity index (χ1) is 9.81. The summed E-state index contributed by atoms with van der Waals surface area (Å²) in [6.45, 7) is 9.35. The Morgan fingerprint density at radius 1 is 1.29 bits per heavy atom. The van der Waals surface area contributed by atoms with Gasteiger partial charge in [0.15, 0.2) is 6.10 Å². The fourth-order valence-electron chi connectivity index (χ4n) is 2.09. The molecule has 2 aromatic rings. The van der Waals surface area contributed by atoms with Gasteiger partial charge >= 0.3 is 0 Å². The smallest absolute Gasteiger partial charge is 0.287 e. The third-order valence-corrected chi connectivity index (χ3v) is 3.89. The third-order valence-electron chi connectivity index (χ3n) is 3.65. The molecule has 0 aliphatic carbocycles. The van der Waals surface area contributed by atoms with E-state index in [2.05, 4.69) is 5.10 Å². The first-order valence-electron chi connectivity index (χ1n) is 6.81. The molecule has 0 aliphatic rings. The number of benzene rings is 1. The van der Waals surface area contributed by atoms with Crippen LogP contribution in [0.5, 0.6) is 5.75 Å². The number of hydrogen-bond donors (Lipinski definition) is 0. The van der Waals surface area contributed by atoms with E-state index >= 15 is 0 Å². The highest BCUT2D eigenvalue weighted by Crippen LogP contribution is 2.23. The van der Waals surface area contributed by atoms with Crippen LogP contribution in [0.4, 0.5) is 0 Å². The number of rotatable bonds is 3. The zero-order valence-electron chi connectivity index (χ0n) is 12.9. The summed E-state index contributed by atoms with van der Waals surface area (Å²) in [4.78, 5) is 12.5. The van der Waals surface area contributed by atoms with Crippen molar-refractivity contribution in [2.24, 2.45) is 0 Å². The van der Waals surface area contributed by atoms with Crippen molar-refractivity contribution in [3.05, 3.63) is 45.7 Å². The van der Waals surface area contributed by atoms with Crippen LogP contribution in [0.25, 0.3) is 0 Å². The second-order valence-corrected chi connectivity index (χ2v) is 5.65. The summed E-state index contributed by atoms with van der Waals surface area (Å²) in [5, 5.41) is 4.92. The maximum absolute atomic E-state index is 12.5. The molecule has 21 heavy (non-hydrogen) atoms. The van der Waals surface area contributed by atoms with Crippen molar-refractivity contribution in [1.29, 1.82) is 0 Å². The van der Waals surface area contributed by atoms with Crippen LogP contribution in [0.15, 0.2) is 18.2 Å². The molecule has 112 valence electrons. The Bertz CT molecular complexity index is 692. The van der Waals surface area contributed by atoms with Crippen LogP contribution >= 0.6 is 11.6 Å². The topological polar surface area (TPSA) is 44.1 Å². The predicted molar refractivity (Wildman–Crippen MR) is 83.3 cm³/mol. The van der Waals surface area contributed by atoms with Gasteiger partial charge in [-0.25, -0.2) is 4.68 Å². The van der Waals surface area contributed by atoms with Crippen molar-refractivity contribution in [2.45, 2.75) is 40.7 Å². The summed E-state index contributed by atoms with van der Waals surface area (Å²) in [7, 11) is 0. The molecule has 1 atom stereocenters. The summed E-state index contributed by atoms with van der Waals surface area (Å²) in [6.07, 6.45) is -0.623. The summed E-state index contributed by atoms with van der Waals surface area (Å²) in [5.41, 5.74) is 3.63. The minimum atomic E-state index is -0.623. The molecule has 0 N–H and O–H groups in total. The molecule has 0 unspecified atom stereocenters. The molecular weight excluding hydrogens is 288 g/mol. The van der Waals surface area contributed by atoms with E-state index < -0.39 is 6.10 Å². The molecule has 4 nitrogen and oxygen atoms in total. The van der Waals surface area contributed by atoms with Crippen LogP contribution in [0, 0.1) is 27.7 Å². The number of ether oxygens (including phenoxy) is 1. The second kappa shape index (κ2) is 5.90. The van der Waals surface area contributed by atoms with E-state index in [0.29, 0.717) is 10.8 Å². The molecule has 0 saturated heterocycles. The van der Waals surface area contributed by atoms with Gasteiger partial charge < -0.3 is 4.74 Å². The molecule has 0 amide bonds. The van der Waals surface area contributed by atoms with Crippen LogP contribution in [0.1, 0.15) is 34.2 Å². The highest BCUT2D eigenvalue weighted by Gasteiger charge is 2.21. The Kier molecular flexibility index (Phi) is 4.37. The van der Waals surface area contributed by atoms with Gasteiger partial charge in [-0.3, -0.25) is 4.79 Å². The van der Waals surface area contributed by atoms with Crippen molar-refractivity contribution in [3.63, 3.8) is 0 Å². The molecule has 2 rings (SSSR count). The molecule has 0 saturated carbocycles. The maximum atomic E-state index is 12.5. The van der Waals surface area contributed by atoms with Gasteiger partial charge in [0.2, 0.25) is 0 Å². The van der Waals surface area contributed by atoms with Gasteiger partial charge in [0.1, 0.15) is 5.75 Å². The van der Waals surface area contributed by atoms with Crippen molar-refractivity contribution < 1.29 is 9.53 Å². The molecule has 1 aromatic carbocycles. The highest BCUT2D eigenvalue weighted by molar-refractivity contribution is 6.30. The van der Waals surface area contributed by atoms with Gasteiger partial charge in [-0.05, 0) is 63.9 Å². The quantitative estimate of drug-likeness (QED) is 0.864. The fourth-order valence-corrected chi connectivity index (χ4v) is 2.32. The van der Waals surface area contributed by atoms with Gasteiger partial charge in [-0.15, -0.1) is 0 Å². The van der Waals surface area contributed by atoms with Crippen molar-refractivity contribution in [3.8, 4) is 5.75 Å². The first-order valence-corrected chi connectivity index (χ1v) is 7.19. The fraction of sp³-hybridized carbons (Fsp3) is 0.375. The molecule has 5 heteroatoms. The molecular formula is C16H19ClN2O2. The van der Waals surface area contributed by atoms with E-state index in [4.69, 9.17) is 16.3 Å². The Balaban J connectivity index is 2.21. The Morgan fingerprint density at radius 2 is 1.95 bits per heavy atom. The lowest BCUT2D eigenvalue weighted by Crippen LogP contribution is -2.31. The second-order valence-electron chi connectivity index (χ2n) is 5.22. The van der Waals surface area contributed by atoms with E-state index in [9.17, 15) is 4.79 Å². The van der Waals surface area contributed by atoms with E-state index in [-0.39, 0.29) is 5.91 Å². The molecule has 0 radical (unpaired) electrons. The lowest BCUT2D eigenvalue weighted by atomic mass is 10.2. The van der Waals surface area contributed by atoms with Crippen LogP contribution < -0.4 is 4.74 Å². The Hall–Kier alpha value is -1.81. The SMILES string of the molecule is Cc1cc(Cl)ccc1O[C@@H](C)C(=O)n1nc(C)c(C)c1C. The normalized spacial score (nSPS) is 12.3. The summed E-state index contributed by atoms with van der Waals surface area (Å²) >= 11 is 5.92. The molecule has 0 fully saturated rings. The third kappa shape index (κ3) is 3.10. The molecule has 1 aromatic heterocycles. The summed E-state index contributed by atoms with van der Waals surface area (Å²) in [6, 6.07) is 5.32. The average molecular weight is 307 g/mol. The van der Waals surface area contributed by atoms with Crippen LogP contribution in [0.3, 0.4) is 0 Å². The number of nitrogens with zero attached hydrogens (tertiary/aromatic N) is 2. The molecule has 0 aliphatic heterocycles. The first kappa shape index (κ1) is 15.6. The number of hydrogen-bond acceptors (Lipinski definition) is 3. The standard InChI is InChI=1S/C16H19ClN2O2/c1-9-8-14(17)6-7-15(9)21-13(5)16(20)19-12(4)10(2)11(3)18-19/h6-8,13H,1-5H3/t13-/m0/s1. The van der Waals surface area contributed by atoms with Gasteiger partial charge in [-0.1, -0.05) is 11.6 Å². The molecule has 0 spiro atoms. The van der Waals surface area contributed by atoms with E-state index in [1.54, 1.807) is 19.1 Å². The maximum Gasteiger partial charge on any atom is 0.287 e. The number of halogens is 1. The van der Waals surface area contributed by atoms with Crippen molar-refractivity contribution in [1.82, 2.24) is 9.78 Å². The lowest BCUT2D eigenvalue weighted by Gasteiger charge is -2.16. The average Bonchev–Trinajstić information content (AvgIpc) is 2.68. The predicted octanol–water partition coefficient (Wildman–Crippen LogP) is 3.88. The number of aryl methyl sites for hydroxylation is 2. The van der Waals surface area contributed by atoms with Gasteiger partial charge in [0, 0.05) is 10.7 Å². The Labute approximate surface area is 129 Å². The largest absolute Gasteiger partial charge is 0.481 e. The number of carbonyl (C=O) groups excluding carboxylic acids is 1. The van der Waals surface area contributed by atoms with Crippen molar-refractivity contribution in [2.75, 3.05) is 0 Å². The zero-order valence-corrected chi connectivity index (χ0v) is 13.7. The molecule has 0 bridgehead atoms. The van der Waals surface area contributed by atoms with E-state index in [1.165, 1.54) is 4.68 Å². The van der Waals surface area contributed by atoms with E-state index in [1.807, 2.05) is 33.8 Å². The van der Waals surface area contributed by atoms with Crippen molar-refractivity contribution >= 4 is 17.5 Å². The summed E-state index contributed by atoms with van der Waals surface area (Å²) in [5.74, 6) is 0.469. The number of carbonyl (C=O) groups is 1. The summed E-state index contributed by atoms with van der Waals surface area (Å²) < 4.78 is 7.17. The van der Waals surface area contributed by atoms with Gasteiger partial charge in [0.25, 0.3) is 5.91 Å². The Morgan fingerprint density at radius 3 is 2.48 bits per heavy atom. The minimum absolute atomic E-state index is 0.182. The highest BCUT2D eigenvalue weighted by atomic mass is 35.5. The van der Waals surface area contributed by atoms with Gasteiger partial charge in [0.05, 0.1) is 5.69 Å². The minimum Gasteiger partial charge on any atom is -0.481 e. The monoisotopic (exact) mass is 306 g/mol. The zero-order chi connectivity index (χ0) is 15.7. The van der Waals surface area contributed by atoms with E-state index in [0.717, 1.165) is 22.5 Å². The van der Waals surface area contributed by atoms with Crippen LogP contribution in [-0.2, 0) is 0 Å². The lowest BCUT2D eigenvalue weighted by molar-refractivity contribution is 0.0706. The number of aromatic nitrogens is 2. The molecule has 1 heterocycles.